The van der Waals surface area contributed by atoms with Gasteiger partial charge in [0, 0.05) is 19.0 Å². The van der Waals surface area contributed by atoms with Gasteiger partial charge in [-0.2, -0.15) is 13.2 Å². The Labute approximate surface area is 135 Å². The van der Waals surface area contributed by atoms with Gasteiger partial charge in [-0.3, -0.25) is 4.79 Å². The molecule has 0 radical (unpaired) electrons. The molecule has 2 N–H and O–H groups in total. The SMILES string of the molecule is Cc1ccc(CCN(CC(F)(F)F)C(=O)C(C)CN)cc1.Cl. The maximum atomic E-state index is 12.6. The molecule has 126 valence electrons. The molecule has 0 saturated carbocycles. The van der Waals surface area contributed by atoms with E-state index in [2.05, 4.69) is 0 Å². The van der Waals surface area contributed by atoms with Crippen LogP contribution in [0.15, 0.2) is 24.3 Å². The second kappa shape index (κ2) is 9.00. The minimum atomic E-state index is -4.41. The lowest BCUT2D eigenvalue weighted by Gasteiger charge is -2.26. The molecule has 22 heavy (non-hydrogen) atoms. The Morgan fingerprint density at radius 3 is 2.27 bits per heavy atom. The van der Waals surface area contributed by atoms with Crippen molar-refractivity contribution in [3.05, 3.63) is 35.4 Å². The highest BCUT2D eigenvalue weighted by atomic mass is 35.5. The number of hydrogen-bond donors (Lipinski definition) is 1. The molecule has 1 aromatic carbocycles. The van der Waals surface area contributed by atoms with Crippen LogP contribution < -0.4 is 5.73 Å². The summed E-state index contributed by atoms with van der Waals surface area (Å²) < 4.78 is 37.8. The number of aryl methyl sites for hydroxylation is 1. The normalized spacial score (nSPS) is 12.5. The van der Waals surface area contributed by atoms with E-state index in [4.69, 9.17) is 5.73 Å². The Hall–Kier alpha value is -1.27. The van der Waals surface area contributed by atoms with Crippen molar-refractivity contribution in [2.45, 2.75) is 26.4 Å². The van der Waals surface area contributed by atoms with Crippen molar-refractivity contribution in [2.75, 3.05) is 19.6 Å². The third-order valence-corrected chi connectivity index (χ3v) is 3.25. The van der Waals surface area contributed by atoms with Crippen molar-refractivity contribution in [2.24, 2.45) is 11.7 Å². The number of rotatable bonds is 6. The molecule has 0 aromatic heterocycles. The molecular formula is C15H22ClF3N2O. The standard InChI is InChI=1S/C15H21F3N2O.ClH/c1-11-3-5-13(6-4-11)7-8-20(10-15(16,17)18)14(21)12(2)9-19;/h3-6,12H,7-10,19H2,1-2H3;1H. The van der Waals surface area contributed by atoms with Crippen LogP contribution in [-0.2, 0) is 11.2 Å². The fourth-order valence-corrected chi connectivity index (χ4v) is 1.91. The average Bonchev–Trinajstić information content (AvgIpc) is 2.42. The molecule has 0 heterocycles. The number of nitrogens with zero attached hydrogens (tertiary/aromatic N) is 1. The summed E-state index contributed by atoms with van der Waals surface area (Å²) in [6.45, 7) is 2.31. The van der Waals surface area contributed by atoms with Crippen LogP contribution in [-0.4, -0.2) is 36.6 Å². The first-order chi connectivity index (χ1) is 9.73. The van der Waals surface area contributed by atoms with Crippen molar-refractivity contribution >= 4 is 18.3 Å². The summed E-state index contributed by atoms with van der Waals surface area (Å²) in [5.74, 6) is -1.16. The second-order valence-electron chi connectivity index (χ2n) is 5.25. The molecule has 1 unspecified atom stereocenters. The van der Waals surface area contributed by atoms with Crippen LogP contribution in [0.25, 0.3) is 0 Å². The first-order valence-electron chi connectivity index (χ1n) is 6.84. The monoisotopic (exact) mass is 338 g/mol. The van der Waals surface area contributed by atoms with Crippen LogP contribution in [0.4, 0.5) is 13.2 Å². The van der Waals surface area contributed by atoms with Gasteiger partial charge >= 0.3 is 6.18 Å². The van der Waals surface area contributed by atoms with Crippen LogP contribution >= 0.6 is 12.4 Å². The Kier molecular flexibility index (Phi) is 8.48. The van der Waals surface area contributed by atoms with E-state index in [0.29, 0.717) is 6.42 Å². The van der Waals surface area contributed by atoms with Crippen LogP contribution in [0, 0.1) is 12.8 Å². The predicted molar refractivity (Wildman–Crippen MR) is 83.0 cm³/mol. The van der Waals surface area contributed by atoms with Crippen molar-refractivity contribution in [1.29, 1.82) is 0 Å². The Balaban J connectivity index is 0.00000441. The number of nitrogens with two attached hydrogens (primary N) is 1. The quantitative estimate of drug-likeness (QED) is 0.867. The molecule has 1 rings (SSSR count). The number of amides is 1. The van der Waals surface area contributed by atoms with E-state index in [0.717, 1.165) is 16.0 Å². The summed E-state index contributed by atoms with van der Waals surface area (Å²) in [6, 6.07) is 7.51. The number of carbonyl (C=O) groups is 1. The van der Waals surface area contributed by atoms with E-state index >= 15 is 0 Å². The average molecular weight is 339 g/mol. The van der Waals surface area contributed by atoms with Gasteiger partial charge in [0.05, 0.1) is 0 Å². The highest BCUT2D eigenvalue weighted by Gasteiger charge is 2.33. The van der Waals surface area contributed by atoms with Crippen molar-refractivity contribution in [1.82, 2.24) is 4.90 Å². The first-order valence-corrected chi connectivity index (χ1v) is 6.84. The number of benzene rings is 1. The highest BCUT2D eigenvalue weighted by molar-refractivity contribution is 5.85. The van der Waals surface area contributed by atoms with Crippen LogP contribution in [0.2, 0.25) is 0 Å². The van der Waals surface area contributed by atoms with E-state index < -0.39 is 24.5 Å². The fourth-order valence-electron chi connectivity index (χ4n) is 1.91. The van der Waals surface area contributed by atoms with Crippen molar-refractivity contribution in [3.8, 4) is 0 Å². The van der Waals surface area contributed by atoms with E-state index in [9.17, 15) is 18.0 Å². The molecule has 1 aromatic rings. The van der Waals surface area contributed by atoms with Gasteiger partial charge in [0.15, 0.2) is 0 Å². The third kappa shape index (κ3) is 7.13. The number of alkyl halides is 3. The van der Waals surface area contributed by atoms with E-state index in [1.807, 2.05) is 31.2 Å². The summed E-state index contributed by atoms with van der Waals surface area (Å²) in [7, 11) is 0. The van der Waals surface area contributed by atoms with Crippen LogP contribution in [0.3, 0.4) is 0 Å². The number of carbonyl (C=O) groups excluding carboxylic acids is 1. The van der Waals surface area contributed by atoms with E-state index in [1.165, 1.54) is 6.92 Å². The van der Waals surface area contributed by atoms with Crippen LogP contribution in [0.5, 0.6) is 0 Å². The van der Waals surface area contributed by atoms with Crippen molar-refractivity contribution in [3.63, 3.8) is 0 Å². The number of halogens is 4. The van der Waals surface area contributed by atoms with Gasteiger partial charge in [0.1, 0.15) is 6.54 Å². The van der Waals surface area contributed by atoms with Crippen molar-refractivity contribution < 1.29 is 18.0 Å². The summed E-state index contributed by atoms with van der Waals surface area (Å²) >= 11 is 0. The molecule has 0 aliphatic carbocycles. The molecule has 0 saturated heterocycles. The summed E-state index contributed by atoms with van der Waals surface area (Å²) in [5, 5.41) is 0. The lowest BCUT2D eigenvalue weighted by Crippen LogP contribution is -2.44. The lowest BCUT2D eigenvalue weighted by molar-refractivity contribution is -0.163. The highest BCUT2D eigenvalue weighted by Crippen LogP contribution is 2.18. The zero-order valence-electron chi connectivity index (χ0n) is 12.7. The lowest BCUT2D eigenvalue weighted by atomic mass is 10.1. The molecule has 0 bridgehead atoms. The topological polar surface area (TPSA) is 46.3 Å². The molecule has 0 aliphatic rings. The Morgan fingerprint density at radius 2 is 1.82 bits per heavy atom. The molecule has 7 heteroatoms. The van der Waals surface area contributed by atoms with E-state index in [1.54, 1.807) is 0 Å². The summed E-state index contributed by atoms with van der Waals surface area (Å²) in [5.41, 5.74) is 7.36. The molecule has 1 atom stereocenters. The Morgan fingerprint density at radius 1 is 1.27 bits per heavy atom. The number of hydrogen-bond acceptors (Lipinski definition) is 2. The van der Waals surface area contributed by atoms with Gasteiger partial charge in [-0.05, 0) is 18.9 Å². The van der Waals surface area contributed by atoms with Gasteiger partial charge in [-0.1, -0.05) is 36.8 Å². The smallest absolute Gasteiger partial charge is 0.333 e. The Bertz CT molecular complexity index is 463. The maximum Gasteiger partial charge on any atom is 0.406 e. The largest absolute Gasteiger partial charge is 0.406 e. The molecule has 0 fully saturated rings. The molecule has 1 amide bonds. The summed E-state index contributed by atoms with van der Waals surface area (Å²) in [4.78, 5) is 12.8. The minimum Gasteiger partial charge on any atom is -0.333 e. The zero-order valence-corrected chi connectivity index (χ0v) is 13.5. The molecule has 0 spiro atoms. The van der Waals surface area contributed by atoms with Crippen LogP contribution in [0.1, 0.15) is 18.1 Å². The predicted octanol–water partition coefficient (Wildman–Crippen LogP) is 2.95. The van der Waals surface area contributed by atoms with Gasteiger partial charge in [-0.25, -0.2) is 0 Å². The van der Waals surface area contributed by atoms with Gasteiger partial charge in [0.2, 0.25) is 5.91 Å². The molecular weight excluding hydrogens is 317 g/mol. The summed E-state index contributed by atoms with van der Waals surface area (Å²) in [6.07, 6.45) is -4.02. The fraction of sp³-hybridized carbons (Fsp3) is 0.533. The minimum absolute atomic E-state index is 0. The second-order valence-corrected chi connectivity index (χ2v) is 5.25. The molecule has 0 aliphatic heterocycles. The van der Waals surface area contributed by atoms with E-state index in [-0.39, 0.29) is 25.5 Å². The van der Waals surface area contributed by atoms with Gasteiger partial charge < -0.3 is 10.6 Å². The van der Waals surface area contributed by atoms with Gasteiger partial charge in [-0.15, -0.1) is 12.4 Å². The third-order valence-electron chi connectivity index (χ3n) is 3.25. The first kappa shape index (κ1) is 20.7. The van der Waals surface area contributed by atoms with Gasteiger partial charge in [0.25, 0.3) is 0 Å². The molecule has 3 nitrogen and oxygen atoms in total. The zero-order chi connectivity index (χ0) is 16.0. The maximum absolute atomic E-state index is 12.6.